The van der Waals surface area contributed by atoms with Gasteiger partial charge in [0.05, 0.1) is 6.61 Å². The molecule has 21 heavy (non-hydrogen) atoms. The van der Waals surface area contributed by atoms with Crippen molar-refractivity contribution in [1.29, 1.82) is 0 Å². The quantitative estimate of drug-likeness (QED) is 0.811. The maximum atomic E-state index is 12.2. The summed E-state index contributed by atoms with van der Waals surface area (Å²) >= 11 is 0. The van der Waals surface area contributed by atoms with Crippen LogP contribution in [0.15, 0.2) is 39.5 Å². The molecule has 2 aromatic rings. The molecule has 0 saturated carbocycles. The molecule has 0 spiro atoms. The Morgan fingerprint density at radius 3 is 2.48 bits per heavy atom. The van der Waals surface area contributed by atoms with E-state index >= 15 is 0 Å². The second kappa shape index (κ2) is 6.39. The first kappa shape index (κ1) is 15.0. The maximum absolute atomic E-state index is 12.2. The summed E-state index contributed by atoms with van der Waals surface area (Å²) in [6.07, 6.45) is 0.493. The number of esters is 1. The molecule has 0 aliphatic rings. The Morgan fingerprint density at radius 1 is 1.19 bits per heavy atom. The van der Waals surface area contributed by atoms with Gasteiger partial charge in [-0.15, -0.1) is 0 Å². The van der Waals surface area contributed by atoms with Crippen LogP contribution in [0.5, 0.6) is 0 Å². The lowest BCUT2D eigenvalue weighted by Crippen LogP contribution is -2.18. The average molecular weight is 286 g/mol. The van der Waals surface area contributed by atoms with E-state index in [4.69, 9.17) is 9.15 Å². The summed E-state index contributed by atoms with van der Waals surface area (Å²) < 4.78 is 10.2. The van der Waals surface area contributed by atoms with E-state index in [9.17, 15) is 9.59 Å². The fourth-order valence-corrected chi connectivity index (χ4v) is 2.28. The Balaban J connectivity index is 2.56. The second-order valence-corrected chi connectivity index (χ2v) is 4.81. The molecule has 0 saturated heterocycles. The molecule has 2 rings (SSSR count). The number of hydrogen-bond acceptors (Lipinski definition) is 4. The average Bonchev–Trinajstić information content (AvgIpc) is 2.46. The van der Waals surface area contributed by atoms with Gasteiger partial charge in [0, 0.05) is 5.56 Å². The van der Waals surface area contributed by atoms with Crippen molar-refractivity contribution in [3.8, 4) is 0 Å². The summed E-state index contributed by atoms with van der Waals surface area (Å²) in [4.78, 5) is 24.0. The van der Waals surface area contributed by atoms with Crippen LogP contribution in [-0.4, -0.2) is 12.6 Å². The van der Waals surface area contributed by atoms with E-state index in [1.165, 1.54) is 0 Å². The molecule has 1 aromatic carbocycles. The van der Waals surface area contributed by atoms with E-state index in [-0.39, 0.29) is 6.61 Å². The van der Waals surface area contributed by atoms with Crippen molar-refractivity contribution in [2.75, 3.05) is 6.61 Å². The van der Waals surface area contributed by atoms with Gasteiger partial charge in [0.15, 0.2) is 0 Å². The molecule has 1 heterocycles. The highest BCUT2D eigenvalue weighted by Gasteiger charge is 2.21. The lowest BCUT2D eigenvalue weighted by molar-refractivity contribution is 0.0520. The topological polar surface area (TPSA) is 56.5 Å². The molecule has 1 aromatic heterocycles. The number of carbonyl (C=O) groups is 1. The standard InChI is InChI=1S/C17H18O4/c1-4-20-17(19)15-12(3)21-16(18)11(2)14(15)10-13-8-6-5-7-9-13/h5-9H,4,10H2,1-3H3. The minimum Gasteiger partial charge on any atom is -0.462 e. The number of rotatable bonds is 4. The summed E-state index contributed by atoms with van der Waals surface area (Å²) in [7, 11) is 0. The number of hydrogen-bond donors (Lipinski definition) is 0. The van der Waals surface area contributed by atoms with Gasteiger partial charge in [-0.2, -0.15) is 0 Å². The number of carbonyl (C=O) groups excluding carboxylic acids is 1. The van der Waals surface area contributed by atoms with Crippen molar-refractivity contribution in [1.82, 2.24) is 0 Å². The summed E-state index contributed by atoms with van der Waals surface area (Å²) in [5.74, 6) is -0.150. The molecular formula is C17H18O4. The zero-order valence-electron chi connectivity index (χ0n) is 12.4. The van der Waals surface area contributed by atoms with E-state index < -0.39 is 11.6 Å². The number of aryl methyl sites for hydroxylation is 1. The van der Waals surface area contributed by atoms with Gasteiger partial charge >= 0.3 is 11.6 Å². The molecule has 0 atom stereocenters. The normalized spacial score (nSPS) is 10.4. The zero-order chi connectivity index (χ0) is 15.4. The largest absolute Gasteiger partial charge is 0.462 e. The third-order valence-electron chi connectivity index (χ3n) is 3.36. The second-order valence-electron chi connectivity index (χ2n) is 4.81. The van der Waals surface area contributed by atoms with Gasteiger partial charge in [-0.3, -0.25) is 0 Å². The first-order valence-corrected chi connectivity index (χ1v) is 6.88. The first-order chi connectivity index (χ1) is 10.0. The smallest absolute Gasteiger partial charge is 0.341 e. The Labute approximate surface area is 123 Å². The molecule has 4 nitrogen and oxygen atoms in total. The van der Waals surface area contributed by atoms with Crippen LogP contribution in [0.4, 0.5) is 0 Å². The lowest BCUT2D eigenvalue weighted by atomic mass is 9.96. The van der Waals surface area contributed by atoms with Crippen LogP contribution in [0.1, 0.15) is 39.7 Å². The van der Waals surface area contributed by atoms with E-state index in [2.05, 4.69) is 0 Å². The lowest BCUT2D eigenvalue weighted by Gasteiger charge is -2.13. The van der Waals surface area contributed by atoms with Crippen molar-refractivity contribution in [2.45, 2.75) is 27.2 Å². The number of ether oxygens (including phenoxy) is 1. The van der Waals surface area contributed by atoms with Gasteiger partial charge in [0.25, 0.3) is 0 Å². The number of benzene rings is 1. The van der Waals surface area contributed by atoms with Gasteiger partial charge < -0.3 is 9.15 Å². The third-order valence-corrected chi connectivity index (χ3v) is 3.36. The maximum Gasteiger partial charge on any atom is 0.341 e. The Hall–Kier alpha value is -2.36. The molecule has 0 fully saturated rings. The Bertz CT molecular complexity index is 699. The van der Waals surface area contributed by atoms with E-state index in [1.807, 2.05) is 30.3 Å². The molecule has 110 valence electrons. The van der Waals surface area contributed by atoms with Crippen LogP contribution in [0.25, 0.3) is 0 Å². The van der Waals surface area contributed by atoms with Gasteiger partial charge in [0.2, 0.25) is 0 Å². The molecule has 0 amide bonds. The molecule has 0 N–H and O–H groups in total. The monoisotopic (exact) mass is 286 g/mol. The van der Waals surface area contributed by atoms with Crippen molar-refractivity contribution in [2.24, 2.45) is 0 Å². The first-order valence-electron chi connectivity index (χ1n) is 6.88. The van der Waals surface area contributed by atoms with Crippen LogP contribution < -0.4 is 5.63 Å². The minimum atomic E-state index is -0.451. The van der Waals surface area contributed by atoms with Crippen molar-refractivity contribution in [3.63, 3.8) is 0 Å². The minimum absolute atomic E-state index is 0.279. The van der Waals surface area contributed by atoms with Gasteiger partial charge in [0.1, 0.15) is 11.3 Å². The highest BCUT2D eigenvalue weighted by Crippen LogP contribution is 2.20. The predicted octanol–water partition coefficient (Wildman–Crippen LogP) is 3.02. The van der Waals surface area contributed by atoms with E-state index in [1.54, 1.807) is 20.8 Å². The third kappa shape index (κ3) is 3.21. The summed E-state index contributed by atoms with van der Waals surface area (Å²) in [5.41, 5.74) is 2.10. The highest BCUT2D eigenvalue weighted by atomic mass is 16.5. The van der Waals surface area contributed by atoms with Crippen molar-refractivity contribution < 1.29 is 13.9 Å². The summed E-state index contributed by atoms with van der Waals surface area (Å²) in [5, 5.41) is 0. The molecule has 0 unspecified atom stereocenters. The van der Waals surface area contributed by atoms with Crippen LogP contribution in [0, 0.1) is 13.8 Å². The van der Waals surface area contributed by atoms with Crippen LogP contribution >= 0.6 is 0 Å². The van der Waals surface area contributed by atoms with E-state index in [0.29, 0.717) is 28.9 Å². The molecule has 0 bridgehead atoms. The summed E-state index contributed by atoms with van der Waals surface area (Å²) in [6.45, 7) is 5.31. The Morgan fingerprint density at radius 2 is 1.86 bits per heavy atom. The molecule has 4 heteroatoms. The molecule has 0 aliphatic heterocycles. The Kier molecular flexibility index (Phi) is 4.58. The van der Waals surface area contributed by atoms with Gasteiger partial charge in [-0.05, 0) is 38.3 Å². The fourth-order valence-electron chi connectivity index (χ4n) is 2.28. The van der Waals surface area contributed by atoms with E-state index in [0.717, 1.165) is 5.56 Å². The van der Waals surface area contributed by atoms with Gasteiger partial charge in [-0.25, -0.2) is 9.59 Å². The van der Waals surface area contributed by atoms with Crippen LogP contribution in [-0.2, 0) is 11.2 Å². The van der Waals surface area contributed by atoms with Gasteiger partial charge in [-0.1, -0.05) is 30.3 Å². The highest BCUT2D eigenvalue weighted by molar-refractivity contribution is 5.92. The summed E-state index contributed by atoms with van der Waals surface area (Å²) in [6, 6.07) is 9.68. The van der Waals surface area contributed by atoms with Crippen molar-refractivity contribution in [3.05, 3.63) is 68.8 Å². The van der Waals surface area contributed by atoms with Crippen LogP contribution in [0.2, 0.25) is 0 Å². The SMILES string of the molecule is CCOC(=O)c1c(C)oc(=O)c(C)c1Cc1ccccc1. The fraction of sp³-hybridized carbons (Fsp3) is 0.294. The molecule has 0 radical (unpaired) electrons. The predicted molar refractivity (Wildman–Crippen MR) is 79.7 cm³/mol. The molecular weight excluding hydrogens is 268 g/mol. The molecule has 0 aliphatic carbocycles. The van der Waals surface area contributed by atoms with Crippen LogP contribution in [0.3, 0.4) is 0 Å². The van der Waals surface area contributed by atoms with Crippen molar-refractivity contribution >= 4 is 5.97 Å². The zero-order valence-corrected chi connectivity index (χ0v) is 12.4.